The zero-order valence-electron chi connectivity index (χ0n) is 24.7. The molecule has 0 N–H and O–H groups in total. The van der Waals surface area contributed by atoms with Crippen molar-refractivity contribution in [3.05, 3.63) is 64.1 Å². The zero-order chi connectivity index (χ0) is 30.5. The van der Waals surface area contributed by atoms with Gasteiger partial charge in [0, 0.05) is 26.2 Å². The summed E-state index contributed by atoms with van der Waals surface area (Å²) < 4.78 is 22.9. The molecule has 2 amide bonds. The van der Waals surface area contributed by atoms with E-state index < -0.39 is 0 Å². The normalized spacial score (nSPS) is 18.3. The number of carbonyl (C=O) groups is 2. The zero-order valence-corrected chi connectivity index (χ0v) is 25.5. The molecule has 3 aliphatic rings. The second-order valence-corrected chi connectivity index (χ2v) is 11.5. The third-order valence-electron chi connectivity index (χ3n) is 7.36. The fraction of sp³-hybridized carbons (Fsp3) is 0.387. The molecule has 230 valence electrons. The lowest BCUT2D eigenvalue weighted by Gasteiger charge is -2.30. The standard InChI is InChI=1S/C31H34N6O6S/c1-21-3-4-22(2)25(19-21)42-18-13-37-27(38)26(44-31(37)39)20-23-5-7-24(8-6-23)43-30-33-28(35-9-14-40-15-10-35)32-29(34-30)36-11-16-41-17-12-36/h3-8,19-20H,9-18H2,1-2H3/b26-20-. The summed E-state index contributed by atoms with van der Waals surface area (Å²) in [6.45, 7) is 9.52. The van der Waals surface area contributed by atoms with Gasteiger partial charge in [-0.25, -0.2) is 0 Å². The van der Waals surface area contributed by atoms with E-state index in [1.165, 1.54) is 4.90 Å². The van der Waals surface area contributed by atoms with Crippen molar-refractivity contribution in [1.82, 2.24) is 19.9 Å². The third-order valence-corrected chi connectivity index (χ3v) is 8.26. The van der Waals surface area contributed by atoms with Gasteiger partial charge in [-0.3, -0.25) is 14.5 Å². The SMILES string of the molecule is Cc1ccc(C)c(OCCN2C(=O)S/C(=C\c3ccc(Oc4nc(N5CCOCC5)nc(N5CCOCC5)n4)cc3)C2=O)c1. The van der Waals surface area contributed by atoms with E-state index in [0.717, 1.165) is 34.2 Å². The van der Waals surface area contributed by atoms with Gasteiger partial charge in [-0.15, -0.1) is 0 Å². The summed E-state index contributed by atoms with van der Waals surface area (Å²) in [5, 5.41) is -0.312. The van der Waals surface area contributed by atoms with E-state index >= 15 is 0 Å². The highest BCUT2D eigenvalue weighted by molar-refractivity contribution is 8.18. The molecule has 3 aromatic rings. The summed E-state index contributed by atoms with van der Waals surface area (Å²) in [6, 6.07) is 13.3. The lowest BCUT2D eigenvalue weighted by Crippen LogP contribution is -2.40. The Morgan fingerprint density at radius 3 is 2.14 bits per heavy atom. The predicted octanol–water partition coefficient (Wildman–Crippen LogP) is 4.07. The van der Waals surface area contributed by atoms with Crippen molar-refractivity contribution in [2.75, 3.05) is 75.6 Å². The van der Waals surface area contributed by atoms with Crippen molar-refractivity contribution in [3.63, 3.8) is 0 Å². The Morgan fingerprint density at radius 2 is 1.50 bits per heavy atom. The summed E-state index contributed by atoms with van der Waals surface area (Å²) in [5.74, 6) is 2.05. The van der Waals surface area contributed by atoms with Crippen LogP contribution in [0.15, 0.2) is 47.4 Å². The number of carbonyl (C=O) groups excluding carboxylic acids is 2. The van der Waals surface area contributed by atoms with Crippen LogP contribution in [0.4, 0.5) is 16.7 Å². The molecule has 0 aliphatic carbocycles. The average molecular weight is 619 g/mol. The Labute approximate surface area is 260 Å². The van der Waals surface area contributed by atoms with Crippen molar-refractivity contribution in [2.45, 2.75) is 13.8 Å². The number of nitrogens with zero attached hydrogens (tertiary/aromatic N) is 6. The molecular formula is C31H34N6O6S. The van der Waals surface area contributed by atoms with Crippen molar-refractivity contribution in [3.8, 4) is 17.5 Å². The molecule has 3 fully saturated rings. The molecule has 0 saturated carbocycles. The topological polar surface area (TPSA) is 119 Å². The highest BCUT2D eigenvalue weighted by atomic mass is 32.2. The van der Waals surface area contributed by atoms with Gasteiger partial charge in [-0.2, -0.15) is 15.0 Å². The van der Waals surface area contributed by atoms with E-state index in [1.54, 1.807) is 18.2 Å². The predicted molar refractivity (Wildman–Crippen MR) is 166 cm³/mol. The molecule has 0 atom stereocenters. The van der Waals surface area contributed by atoms with Gasteiger partial charge in [0.05, 0.1) is 37.9 Å². The van der Waals surface area contributed by atoms with Gasteiger partial charge in [0.1, 0.15) is 18.1 Å². The Hall–Kier alpha value is -4.20. The van der Waals surface area contributed by atoms with Crippen LogP contribution in [0.1, 0.15) is 16.7 Å². The third kappa shape index (κ3) is 7.12. The molecule has 0 radical (unpaired) electrons. The van der Waals surface area contributed by atoms with E-state index in [4.69, 9.17) is 23.9 Å². The minimum Gasteiger partial charge on any atom is -0.491 e. The first-order valence-corrected chi connectivity index (χ1v) is 15.4. The monoisotopic (exact) mass is 618 g/mol. The van der Waals surface area contributed by atoms with Crippen molar-refractivity contribution in [2.24, 2.45) is 0 Å². The van der Waals surface area contributed by atoms with Gasteiger partial charge in [0.25, 0.3) is 11.1 Å². The molecular weight excluding hydrogens is 584 g/mol. The van der Waals surface area contributed by atoms with Gasteiger partial charge in [0.2, 0.25) is 11.9 Å². The lowest BCUT2D eigenvalue weighted by molar-refractivity contribution is -0.123. The number of thioether (sulfide) groups is 1. The lowest BCUT2D eigenvalue weighted by atomic mass is 10.1. The Kier molecular flexibility index (Phi) is 9.24. The maximum atomic E-state index is 13.0. The number of anilines is 2. The number of aromatic nitrogens is 3. The summed E-state index contributed by atoms with van der Waals surface area (Å²) >= 11 is 0.923. The van der Waals surface area contributed by atoms with Crippen molar-refractivity contribution >= 4 is 40.9 Å². The summed E-state index contributed by atoms with van der Waals surface area (Å²) in [4.78, 5) is 45.2. The van der Waals surface area contributed by atoms with Crippen LogP contribution in [0.3, 0.4) is 0 Å². The number of morpholine rings is 2. The first kappa shape index (κ1) is 29.9. The maximum Gasteiger partial charge on any atom is 0.328 e. The molecule has 2 aromatic carbocycles. The Morgan fingerprint density at radius 1 is 0.864 bits per heavy atom. The number of aryl methyl sites for hydroxylation is 2. The Bertz CT molecular complexity index is 1500. The van der Waals surface area contributed by atoms with Crippen molar-refractivity contribution in [1.29, 1.82) is 0 Å². The van der Waals surface area contributed by atoms with Crippen LogP contribution in [-0.2, 0) is 14.3 Å². The molecule has 0 bridgehead atoms. The summed E-state index contributed by atoms with van der Waals surface area (Å²) in [7, 11) is 0. The fourth-order valence-corrected chi connectivity index (χ4v) is 5.75. The second kappa shape index (κ2) is 13.6. The quantitative estimate of drug-likeness (QED) is 0.322. The van der Waals surface area contributed by atoms with Gasteiger partial charge in [-0.1, -0.05) is 24.3 Å². The number of ether oxygens (including phenoxy) is 4. The van der Waals surface area contributed by atoms with E-state index in [9.17, 15) is 9.59 Å². The van der Waals surface area contributed by atoms with Crippen LogP contribution in [0.5, 0.6) is 17.5 Å². The summed E-state index contributed by atoms with van der Waals surface area (Å²) in [5.41, 5.74) is 2.84. The number of hydrogen-bond acceptors (Lipinski definition) is 12. The minimum atomic E-state index is -0.332. The van der Waals surface area contributed by atoms with Crippen LogP contribution in [-0.4, -0.2) is 96.8 Å². The van der Waals surface area contributed by atoms with Gasteiger partial charge < -0.3 is 28.7 Å². The van der Waals surface area contributed by atoms with Crippen molar-refractivity contribution < 1.29 is 28.5 Å². The number of rotatable bonds is 9. The van der Waals surface area contributed by atoms with E-state index in [-0.39, 0.29) is 30.3 Å². The number of imide groups is 1. The first-order chi connectivity index (χ1) is 21.4. The van der Waals surface area contributed by atoms with E-state index in [0.29, 0.717) is 75.2 Å². The molecule has 13 heteroatoms. The van der Waals surface area contributed by atoms with Crippen LogP contribution < -0.4 is 19.3 Å². The van der Waals surface area contributed by atoms with Crippen LogP contribution in [0.25, 0.3) is 6.08 Å². The van der Waals surface area contributed by atoms with Crippen LogP contribution >= 0.6 is 11.8 Å². The molecule has 0 unspecified atom stereocenters. The number of benzene rings is 2. The molecule has 6 rings (SSSR count). The highest BCUT2D eigenvalue weighted by Crippen LogP contribution is 2.33. The van der Waals surface area contributed by atoms with Gasteiger partial charge in [0.15, 0.2) is 0 Å². The average Bonchev–Trinajstić information content (AvgIpc) is 3.31. The van der Waals surface area contributed by atoms with Gasteiger partial charge in [-0.05, 0) is 66.6 Å². The fourth-order valence-electron chi connectivity index (χ4n) is 4.88. The largest absolute Gasteiger partial charge is 0.491 e. The van der Waals surface area contributed by atoms with E-state index in [2.05, 4.69) is 19.8 Å². The minimum absolute atomic E-state index is 0.174. The second-order valence-electron chi connectivity index (χ2n) is 10.5. The molecule has 0 spiro atoms. The molecule has 12 nitrogen and oxygen atoms in total. The number of amides is 2. The molecule has 3 aliphatic heterocycles. The Balaban J connectivity index is 1.11. The van der Waals surface area contributed by atoms with Crippen LogP contribution in [0, 0.1) is 13.8 Å². The molecule has 44 heavy (non-hydrogen) atoms. The van der Waals surface area contributed by atoms with Crippen LogP contribution in [0.2, 0.25) is 0 Å². The number of hydrogen-bond donors (Lipinski definition) is 0. The molecule has 1 aromatic heterocycles. The molecule has 3 saturated heterocycles. The summed E-state index contributed by atoms with van der Waals surface area (Å²) in [6.07, 6.45) is 1.70. The smallest absolute Gasteiger partial charge is 0.328 e. The maximum absolute atomic E-state index is 13.0. The van der Waals surface area contributed by atoms with E-state index in [1.807, 2.05) is 44.2 Å². The highest BCUT2D eigenvalue weighted by Gasteiger charge is 2.34. The van der Waals surface area contributed by atoms with Gasteiger partial charge >= 0.3 is 6.01 Å². The molecule has 4 heterocycles. The first-order valence-electron chi connectivity index (χ1n) is 14.6.